The molecule has 0 bridgehead atoms. The minimum absolute atomic E-state index is 0.430. The molecule has 2 N–H and O–H groups in total. The van der Waals surface area contributed by atoms with Gasteiger partial charge in [0.15, 0.2) is 5.82 Å². The molecule has 2 aromatic rings. The molecule has 66 valence electrons. The Bertz CT molecular complexity index is 458. The fourth-order valence-corrected chi connectivity index (χ4v) is 1.28. The SMILES string of the molecule is S=c1nc(-c2ccc(Br)cn2)[nH][nH]1. The third-order valence-corrected chi connectivity index (χ3v) is 2.13. The maximum atomic E-state index is 4.82. The molecule has 13 heavy (non-hydrogen) atoms. The predicted octanol–water partition coefficient (Wildman–Crippen LogP) is 2.29. The van der Waals surface area contributed by atoms with Gasteiger partial charge in [0.2, 0.25) is 4.77 Å². The highest BCUT2D eigenvalue weighted by Gasteiger charge is 2.01. The zero-order valence-electron chi connectivity index (χ0n) is 6.41. The van der Waals surface area contributed by atoms with Gasteiger partial charge in [0.25, 0.3) is 0 Å². The number of H-pyrrole nitrogens is 2. The second-order valence-electron chi connectivity index (χ2n) is 2.38. The van der Waals surface area contributed by atoms with Crippen LogP contribution in [0.3, 0.4) is 0 Å². The lowest BCUT2D eigenvalue weighted by molar-refractivity contribution is 1.07. The van der Waals surface area contributed by atoms with Crippen LogP contribution in [0.5, 0.6) is 0 Å². The van der Waals surface area contributed by atoms with Crippen LogP contribution in [0.4, 0.5) is 0 Å². The van der Waals surface area contributed by atoms with E-state index >= 15 is 0 Å². The Morgan fingerprint density at radius 3 is 2.69 bits per heavy atom. The molecule has 0 atom stereocenters. The summed E-state index contributed by atoms with van der Waals surface area (Å²) in [7, 11) is 0. The van der Waals surface area contributed by atoms with Gasteiger partial charge in [-0.3, -0.25) is 15.2 Å². The van der Waals surface area contributed by atoms with Crippen LogP contribution >= 0.6 is 28.1 Å². The first-order valence-electron chi connectivity index (χ1n) is 3.52. The molecule has 2 aromatic heterocycles. The van der Waals surface area contributed by atoms with E-state index in [0.717, 1.165) is 10.2 Å². The van der Waals surface area contributed by atoms with Gasteiger partial charge in [0.1, 0.15) is 5.69 Å². The summed E-state index contributed by atoms with van der Waals surface area (Å²) in [6.45, 7) is 0. The number of aromatic nitrogens is 4. The highest BCUT2D eigenvalue weighted by atomic mass is 79.9. The number of nitrogens with zero attached hydrogens (tertiary/aromatic N) is 2. The Kier molecular flexibility index (Phi) is 2.24. The average Bonchev–Trinajstić information content (AvgIpc) is 2.53. The van der Waals surface area contributed by atoms with Crippen LogP contribution in [0.2, 0.25) is 0 Å². The van der Waals surface area contributed by atoms with Crippen molar-refractivity contribution in [2.75, 3.05) is 0 Å². The summed E-state index contributed by atoms with van der Waals surface area (Å²) < 4.78 is 1.37. The maximum Gasteiger partial charge on any atom is 0.213 e. The molecule has 4 nitrogen and oxygen atoms in total. The standard InChI is InChI=1S/C7H5BrN4S/c8-4-1-2-5(9-3-4)6-10-7(13)12-11-6/h1-3H,(H2,10,11,12,13). The number of hydrogen-bond acceptors (Lipinski definition) is 3. The number of aromatic amines is 2. The fourth-order valence-electron chi connectivity index (χ4n) is 0.907. The van der Waals surface area contributed by atoms with Gasteiger partial charge in [-0.1, -0.05) is 0 Å². The molecule has 0 radical (unpaired) electrons. The first-order chi connectivity index (χ1) is 6.25. The maximum absolute atomic E-state index is 4.82. The Morgan fingerprint density at radius 2 is 2.15 bits per heavy atom. The van der Waals surface area contributed by atoms with Crippen molar-refractivity contribution in [2.45, 2.75) is 0 Å². The number of rotatable bonds is 1. The Labute approximate surface area is 87.6 Å². The smallest absolute Gasteiger partial charge is 0.213 e. The van der Waals surface area contributed by atoms with E-state index in [2.05, 4.69) is 36.1 Å². The van der Waals surface area contributed by atoms with E-state index in [4.69, 9.17) is 12.2 Å². The van der Waals surface area contributed by atoms with Crippen molar-refractivity contribution in [1.82, 2.24) is 20.2 Å². The van der Waals surface area contributed by atoms with E-state index in [1.54, 1.807) is 6.20 Å². The molecule has 6 heteroatoms. The molecular formula is C7H5BrN4S. The molecule has 0 aromatic carbocycles. The monoisotopic (exact) mass is 256 g/mol. The Balaban J connectivity index is 2.47. The van der Waals surface area contributed by atoms with Crippen LogP contribution in [0.1, 0.15) is 0 Å². The lowest BCUT2D eigenvalue weighted by atomic mass is 10.3. The van der Waals surface area contributed by atoms with E-state index in [1.807, 2.05) is 12.1 Å². The van der Waals surface area contributed by atoms with Crippen molar-refractivity contribution in [3.63, 3.8) is 0 Å². The van der Waals surface area contributed by atoms with Gasteiger partial charge in [-0.2, -0.15) is 4.98 Å². The first kappa shape index (κ1) is 8.58. The summed E-state index contributed by atoms with van der Waals surface area (Å²) in [6.07, 6.45) is 1.71. The molecule has 0 fully saturated rings. The second-order valence-corrected chi connectivity index (χ2v) is 3.68. The average molecular weight is 257 g/mol. The van der Waals surface area contributed by atoms with E-state index in [1.165, 1.54) is 0 Å². The fraction of sp³-hybridized carbons (Fsp3) is 0. The van der Waals surface area contributed by atoms with E-state index in [-0.39, 0.29) is 0 Å². The molecule has 0 aliphatic carbocycles. The number of hydrogen-bond donors (Lipinski definition) is 2. The van der Waals surface area contributed by atoms with Gasteiger partial charge in [-0.25, -0.2) is 0 Å². The van der Waals surface area contributed by atoms with Crippen molar-refractivity contribution in [2.24, 2.45) is 0 Å². The highest BCUT2D eigenvalue weighted by Crippen LogP contribution is 2.13. The van der Waals surface area contributed by atoms with Crippen LogP contribution in [-0.2, 0) is 0 Å². The Morgan fingerprint density at radius 1 is 1.31 bits per heavy atom. The zero-order chi connectivity index (χ0) is 9.26. The minimum Gasteiger partial charge on any atom is -0.280 e. The molecular weight excluding hydrogens is 252 g/mol. The molecule has 0 aliphatic rings. The quantitative estimate of drug-likeness (QED) is 0.770. The third kappa shape index (κ3) is 1.84. The summed E-state index contributed by atoms with van der Waals surface area (Å²) in [5, 5.41) is 5.53. The van der Waals surface area contributed by atoms with Gasteiger partial charge in [0.05, 0.1) is 0 Å². The molecule has 0 saturated heterocycles. The lowest BCUT2D eigenvalue weighted by Gasteiger charge is -1.93. The van der Waals surface area contributed by atoms with Crippen molar-refractivity contribution < 1.29 is 0 Å². The summed E-state index contributed by atoms with van der Waals surface area (Å²) in [5.41, 5.74) is 0.760. The van der Waals surface area contributed by atoms with Crippen LogP contribution in [0.25, 0.3) is 11.5 Å². The van der Waals surface area contributed by atoms with Gasteiger partial charge in [0, 0.05) is 10.7 Å². The lowest BCUT2D eigenvalue weighted by Crippen LogP contribution is -1.84. The topological polar surface area (TPSA) is 57.4 Å². The van der Waals surface area contributed by atoms with Gasteiger partial charge >= 0.3 is 0 Å². The van der Waals surface area contributed by atoms with Crippen molar-refractivity contribution in [3.05, 3.63) is 27.6 Å². The van der Waals surface area contributed by atoms with Crippen LogP contribution in [-0.4, -0.2) is 20.2 Å². The van der Waals surface area contributed by atoms with Gasteiger partial charge in [-0.05, 0) is 40.3 Å². The third-order valence-electron chi connectivity index (χ3n) is 1.47. The molecule has 0 unspecified atom stereocenters. The number of pyridine rings is 1. The number of nitrogens with one attached hydrogen (secondary N) is 2. The molecule has 2 heterocycles. The highest BCUT2D eigenvalue weighted by molar-refractivity contribution is 9.10. The molecule has 0 amide bonds. The summed E-state index contributed by atoms with van der Waals surface area (Å²) in [4.78, 5) is 8.19. The Hall–Kier alpha value is -1.01. The molecule has 2 rings (SSSR count). The van der Waals surface area contributed by atoms with Crippen LogP contribution in [0, 0.1) is 4.77 Å². The summed E-state index contributed by atoms with van der Waals surface area (Å²) in [6, 6.07) is 3.75. The summed E-state index contributed by atoms with van der Waals surface area (Å²) >= 11 is 8.13. The van der Waals surface area contributed by atoms with Crippen molar-refractivity contribution >= 4 is 28.1 Å². The summed E-state index contributed by atoms with van der Waals surface area (Å²) in [5.74, 6) is 0.650. The minimum atomic E-state index is 0.430. The van der Waals surface area contributed by atoms with Gasteiger partial charge in [-0.15, -0.1) is 0 Å². The molecule has 0 spiro atoms. The van der Waals surface area contributed by atoms with Crippen LogP contribution < -0.4 is 0 Å². The van der Waals surface area contributed by atoms with Crippen LogP contribution in [0.15, 0.2) is 22.8 Å². The van der Waals surface area contributed by atoms with E-state index in [9.17, 15) is 0 Å². The van der Waals surface area contributed by atoms with Crippen molar-refractivity contribution in [3.8, 4) is 11.5 Å². The second kappa shape index (κ2) is 3.39. The molecule has 0 aliphatic heterocycles. The van der Waals surface area contributed by atoms with E-state index < -0.39 is 0 Å². The van der Waals surface area contributed by atoms with Crippen molar-refractivity contribution in [1.29, 1.82) is 0 Å². The predicted molar refractivity (Wildman–Crippen MR) is 54.7 cm³/mol. The van der Waals surface area contributed by atoms with Gasteiger partial charge < -0.3 is 0 Å². The zero-order valence-corrected chi connectivity index (χ0v) is 8.82. The number of halogens is 1. The first-order valence-corrected chi connectivity index (χ1v) is 4.72. The molecule has 0 saturated carbocycles. The normalized spacial score (nSPS) is 10.2. The van der Waals surface area contributed by atoms with E-state index in [0.29, 0.717) is 10.6 Å². The largest absolute Gasteiger partial charge is 0.280 e.